The summed E-state index contributed by atoms with van der Waals surface area (Å²) in [6, 6.07) is 0. The quantitative estimate of drug-likeness (QED) is 0.852. The fourth-order valence-corrected chi connectivity index (χ4v) is 2.82. The molecule has 2 atom stereocenters. The Labute approximate surface area is 107 Å². The van der Waals surface area contributed by atoms with E-state index >= 15 is 0 Å². The third kappa shape index (κ3) is 2.52. The number of aromatic nitrogens is 2. The number of nitrogens with zero attached hydrogens (tertiary/aromatic N) is 2. The molecule has 2 N–H and O–H groups in total. The van der Waals surface area contributed by atoms with E-state index in [1.54, 1.807) is 25.0 Å². The lowest BCUT2D eigenvalue weighted by Gasteiger charge is -2.29. The molecule has 0 amide bonds. The summed E-state index contributed by atoms with van der Waals surface area (Å²) in [6.07, 6.45) is 5.36. The second-order valence-electron chi connectivity index (χ2n) is 5.06. The lowest BCUT2D eigenvalue weighted by molar-refractivity contribution is -0.0331. The minimum Gasteiger partial charge on any atom is -0.493 e. The average Bonchev–Trinajstić information content (AvgIpc) is 2.79. The molecule has 2 rings (SSSR count). The van der Waals surface area contributed by atoms with Crippen LogP contribution in [0.15, 0.2) is 6.20 Å². The van der Waals surface area contributed by atoms with Crippen molar-refractivity contribution >= 4 is 0 Å². The van der Waals surface area contributed by atoms with Crippen LogP contribution in [0.2, 0.25) is 0 Å². The lowest BCUT2D eigenvalue weighted by Crippen LogP contribution is -2.30. The van der Waals surface area contributed by atoms with E-state index in [4.69, 9.17) is 4.74 Å². The number of aliphatic hydroxyl groups is 2. The Morgan fingerprint density at radius 1 is 1.33 bits per heavy atom. The van der Waals surface area contributed by atoms with Crippen LogP contribution in [0, 0.1) is 5.92 Å². The molecule has 1 aliphatic rings. The summed E-state index contributed by atoms with van der Waals surface area (Å²) >= 11 is 0. The summed E-state index contributed by atoms with van der Waals surface area (Å²) in [7, 11) is 3.29. The molecule has 0 aliphatic heterocycles. The van der Waals surface area contributed by atoms with Crippen molar-refractivity contribution in [3.63, 3.8) is 0 Å². The van der Waals surface area contributed by atoms with Crippen molar-refractivity contribution in [1.29, 1.82) is 0 Å². The summed E-state index contributed by atoms with van der Waals surface area (Å²) in [5.74, 6) is 0.702. The van der Waals surface area contributed by atoms with E-state index in [-0.39, 0.29) is 5.92 Å². The molecule has 5 heteroatoms. The minimum absolute atomic E-state index is 0.174. The molecule has 1 aliphatic carbocycles. The van der Waals surface area contributed by atoms with E-state index in [2.05, 4.69) is 5.10 Å². The minimum atomic E-state index is -0.935. The number of aryl methyl sites for hydroxylation is 1. The Morgan fingerprint density at radius 2 is 2.00 bits per heavy atom. The number of ether oxygens (including phenoxy) is 1. The molecule has 0 bridgehead atoms. The van der Waals surface area contributed by atoms with Gasteiger partial charge in [0.15, 0.2) is 5.75 Å². The molecular formula is C13H22N2O3. The van der Waals surface area contributed by atoms with Gasteiger partial charge in [0.05, 0.1) is 19.4 Å². The van der Waals surface area contributed by atoms with E-state index in [0.717, 1.165) is 25.7 Å². The van der Waals surface area contributed by atoms with E-state index in [9.17, 15) is 10.2 Å². The van der Waals surface area contributed by atoms with Gasteiger partial charge >= 0.3 is 0 Å². The molecular weight excluding hydrogens is 232 g/mol. The second-order valence-corrected chi connectivity index (χ2v) is 5.06. The molecule has 0 saturated heterocycles. The molecule has 0 radical (unpaired) electrons. The van der Waals surface area contributed by atoms with Crippen LogP contribution in [0.1, 0.15) is 43.9 Å². The maximum Gasteiger partial charge on any atom is 0.162 e. The van der Waals surface area contributed by atoms with Crippen LogP contribution in [-0.4, -0.2) is 33.2 Å². The Morgan fingerprint density at radius 3 is 2.61 bits per heavy atom. The zero-order valence-electron chi connectivity index (χ0n) is 11.0. The Hall–Kier alpha value is -1.07. The van der Waals surface area contributed by atoms with E-state index < -0.39 is 12.2 Å². The van der Waals surface area contributed by atoms with Crippen LogP contribution in [0.5, 0.6) is 5.75 Å². The summed E-state index contributed by atoms with van der Waals surface area (Å²) in [5, 5.41) is 24.7. The fraction of sp³-hybridized carbons (Fsp3) is 0.769. The van der Waals surface area contributed by atoms with Crippen molar-refractivity contribution in [3.8, 4) is 5.75 Å². The molecule has 5 nitrogen and oxygen atoms in total. The first-order chi connectivity index (χ1) is 8.65. The standard InChI is InChI=1S/C13H22N2O3/c1-15-11(10(18-2)8-14-15)13(17)12(16)9-6-4-3-5-7-9/h8-9,12-13,16-17H,3-7H2,1-2H3. The van der Waals surface area contributed by atoms with Crippen molar-refractivity contribution in [2.45, 2.75) is 44.3 Å². The summed E-state index contributed by atoms with van der Waals surface area (Å²) in [5.41, 5.74) is 0.551. The SMILES string of the molecule is COc1cnn(C)c1C(O)C(O)C1CCCCC1. The van der Waals surface area contributed by atoms with Gasteiger partial charge in [0.2, 0.25) is 0 Å². The highest BCUT2D eigenvalue weighted by molar-refractivity contribution is 5.27. The van der Waals surface area contributed by atoms with Crippen molar-refractivity contribution in [1.82, 2.24) is 9.78 Å². The molecule has 102 valence electrons. The van der Waals surface area contributed by atoms with Crippen LogP contribution in [0.25, 0.3) is 0 Å². The molecule has 1 aromatic rings. The van der Waals surface area contributed by atoms with Crippen LogP contribution >= 0.6 is 0 Å². The maximum absolute atomic E-state index is 10.3. The second kappa shape index (κ2) is 5.71. The molecule has 1 fully saturated rings. The van der Waals surface area contributed by atoms with E-state index in [1.807, 2.05) is 0 Å². The van der Waals surface area contributed by atoms with E-state index in [1.165, 1.54) is 6.42 Å². The molecule has 0 spiro atoms. The van der Waals surface area contributed by atoms with Crippen LogP contribution in [-0.2, 0) is 7.05 Å². The first kappa shape index (κ1) is 13.4. The number of rotatable bonds is 4. The highest BCUT2D eigenvalue weighted by Crippen LogP contribution is 2.34. The number of methoxy groups -OCH3 is 1. The average molecular weight is 254 g/mol. The number of aliphatic hydroxyl groups excluding tert-OH is 2. The van der Waals surface area contributed by atoms with Gasteiger partial charge in [-0.25, -0.2) is 0 Å². The van der Waals surface area contributed by atoms with Gasteiger partial charge in [0, 0.05) is 7.05 Å². The van der Waals surface area contributed by atoms with Gasteiger partial charge in [-0.05, 0) is 18.8 Å². The van der Waals surface area contributed by atoms with Gasteiger partial charge in [0.1, 0.15) is 11.8 Å². The molecule has 1 aromatic heterocycles. The molecule has 2 unspecified atom stereocenters. The Balaban J connectivity index is 2.13. The van der Waals surface area contributed by atoms with Crippen molar-refractivity contribution in [2.24, 2.45) is 13.0 Å². The summed E-state index contributed by atoms with van der Waals surface area (Å²) < 4.78 is 6.74. The van der Waals surface area contributed by atoms with E-state index in [0.29, 0.717) is 11.4 Å². The lowest BCUT2D eigenvalue weighted by atomic mass is 9.82. The number of hydrogen-bond acceptors (Lipinski definition) is 4. The van der Waals surface area contributed by atoms with Gasteiger partial charge in [-0.2, -0.15) is 5.10 Å². The van der Waals surface area contributed by atoms with Crippen LogP contribution < -0.4 is 4.74 Å². The first-order valence-corrected chi connectivity index (χ1v) is 6.57. The number of hydrogen-bond donors (Lipinski definition) is 2. The van der Waals surface area contributed by atoms with Gasteiger partial charge in [-0.15, -0.1) is 0 Å². The van der Waals surface area contributed by atoms with Gasteiger partial charge in [-0.3, -0.25) is 4.68 Å². The van der Waals surface area contributed by atoms with Crippen molar-refractivity contribution in [3.05, 3.63) is 11.9 Å². The van der Waals surface area contributed by atoms with Gasteiger partial charge in [-0.1, -0.05) is 19.3 Å². The molecule has 0 aromatic carbocycles. The summed E-state index contributed by atoms with van der Waals surface area (Å²) in [6.45, 7) is 0. The molecule has 18 heavy (non-hydrogen) atoms. The third-order valence-corrected chi connectivity index (χ3v) is 3.91. The zero-order valence-corrected chi connectivity index (χ0v) is 11.0. The molecule has 1 saturated carbocycles. The highest BCUT2D eigenvalue weighted by Gasteiger charge is 2.32. The van der Waals surface area contributed by atoms with Gasteiger partial charge < -0.3 is 14.9 Å². The maximum atomic E-state index is 10.3. The highest BCUT2D eigenvalue weighted by atomic mass is 16.5. The normalized spacial score (nSPS) is 20.7. The summed E-state index contributed by atoms with van der Waals surface area (Å²) in [4.78, 5) is 0. The first-order valence-electron chi connectivity index (χ1n) is 6.57. The topological polar surface area (TPSA) is 67.5 Å². The predicted molar refractivity (Wildman–Crippen MR) is 67.3 cm³/mol. The fourth-order valence-electron chi connectivity index (χ4n) is 2.82. The van der Waals surface area contributed by atoms with Crippen molar-refractivity contribution < 1.29 is 14.9 Å². The van der Waals surface area contributed by atoms with Crippen molar-refractivity contribution in [2.75, 3.05) is 7.11 Å². The Bertz CT molecular complexity index is 386. The van der Waals surface area contributed by atoms with Gasteiger partial charge in [0.25, 0.3) is 0 Å². The third-order valence-electron chi connectivity index (χ3n) is 3.91. The largest absolute Gasteiger partial charge is 0.493 e. The predicted octanol–water partition coefficient (Wildman–Crippen LogP) is 1.40. The van der Waals surface area contributed by atoms with Crippen LogP contribution in [0.4, 0.5) is 0 Å². The monoisotopic (exact) mass is 254 g/mol. The molecule has 1 heterocycles. The zero-order chi connectivity index (χ0) is 13.1. The smallest absolute Gasteiger partial charge is 0.162 e. The van der Waals surface area contributed by atoms with Crippen LogP contribution in [0.3, 0.4) is 0 Å². The Kier molecular flexibility index (Phi) is 4.24.